The number of fused-ring (bicyclic) bond motifs is 1. The summed E-state index contributed by atoms with van der Waals surface area (Å²) in [6.07, 6.45) is 2.40. The van der Waals surface area contributed by atoms with Crippen LogP contribution in [-0.2, 0) is 13.1 Å². The predicted molar refractivity (Wildman–Crippen MR) is 104 cm³/mol. The molecule has 1 aliphatic rings. The number of hydrogen-bond acceptors (Lipinski definition) is 4. The minimum absolute atomic E-state index is 0.288. The molecule has 4 heteroatoms. The first-order valence-corrected chi connectivity index (χ1v) is 9.44. The van der Waals surface area contributed by atoms with Crippen molar-refractivity contribution in [1.82, 2.24) is 10.6 Å². The van der Waals surface area contributed by atoms with Crippen molar-refractivity contribution < 1.29 is 9.15 Å². The first-order chi connectivity index (χ1) is 12.8. The molecule has 2 aromatic carbocycles. The summed E-state index contributed by atoms with van der Waals surface area (Å²) in [4.78, 5) is 0. The van der Waals surface area contributed by atoms with Crippen molar-refractivity contribution in [2.75, 3.05) is 13.1 Å². The number of hydrogen-bond donors (Lipinski definition) is 2. The molecule has 1 saturated heterocycles. The largest absolute Gasteiger partial charge is 0.490 e. The van der Waals surface area contributed by atoms with Gasteiger partial charge in [-0.15, -0.1) is 0 Å². The van der Waals surface area contributed by atoms with Crippen molar-refractivity contribution in [1.29, 1.82) is 0 Å². The van der Waals surface area contributed by atoms with Crippen LogP contribution in [-0.4, -0.2) is 19.2 Å². The van der Waals surface area contributed by atoms with Crippen LogP contribution in [0.2, 0.25) is 0 Å². The lowest BCUT2D eigenvalue weighted by atomic mass is 10.1. The Hall–Kier alpha value is -2.30. The molecule has 1 fully saturated rings. The van der Waals surface area contributed by atoms with Gasteiger partial charge in [0.1, 0.15) is 23.2 Å². The molecule has 0 atom stereocenters. The third-order valence-electron chi connectivity index (χ3n) is 5.05. The van der Waals surface area contributed by atoms with Crippen LogP contribution in [0.1, 0.15) is 29.7 Å². The number of benzene rings is 2. The second kappa shape index (κ2) is 7.94. The Morgan fingerprint density at radius 2 is 1.85 bits per heavy atom. The number of furan rings is 1. The molecule has 0 bridgehead atoms. The highest BCUT2D eigenvalue weighted by Crippen LogP contribution is 2.34. The molecule has 0 spiro atoms. The Kier molecular flexibility index (Phi) is 5.23. The zero-order valence-electron chi connectivity index (χ0n) is 15.3. The van der Waals surface area contributed by atoms with Gasteiger partial charge in [0, 0.05) is 12.1 Å². The number of ether oxygens (including phenoxy) is 1. The molecule has 26 heavy (non-hydrogen) atoms. The van der Waals surface area contributed by atoms with Crippen LogP contribution in [0.3, 0.4) is 0 Å². The molecule has 1 aliphatic heterocycles. The molecule has 4 rings (SSSR count). The lowest BCUT2D eigenvalue weighted by Gasteiger charge is -2.24. The fraction of sp³-hybridized carbons (Fsp3) is 0.364. The molecule has 2 N–H and O–H groups in total. The van der Waals surface area contributed by atoms with Crippen LogP contribution < -0.4 is 15.4 Å². The number of nitrogens with one attached hydrogen (secondary N) is 2. The van der Waals surface area contributed by atoms with E-state index in [1.54, 1.807) is 0 Å². The van der Waals surface area contributed by atoms with Crippen LogP contribution in [0.15, 0.2) is 52.9 Å². The van der Waals surface area contributed by atoms with E-state index in [1.165, 1.54) is 11.1 Å². The van der Waals surface area contributed by atoms with Crippen molar-refractivity contribution in [3.63, 3.8) is 0 Å². The third kappa shape index (κ3) is 3.76. The number of rotatable bonds is 6. The lowest BCUT2D eigenvalue weighted by molar-refractivity contribution is 0.164. The van der Waals surface area contributed by atoms with Crippen molar-refractivity contribution in [3.8, 4) is 5.75 Å². The Balaban J connectivity index is 1.49. The summed E-state index contributed by atoms with van der Waals surface area (Å²) in [5, 5.41) is 7.97. The Labute approximate surface area is 154 Å². The highest BCUT2D eigenvalue weighted by Gasteiger charge is 2.19. The van der Waals surface area contributed by atoms with Gasteiger partial charge in [-0.25, -0.2) is 0 Å². The van der Waals surface area contributed by atoms with E-state index in [0.717, 1.165) is 55.0 Å². The van der Waals surface area contributed by atoms with Crippen molar-refractivity contribution in [2.45, 2.75) is 39.0 Å². The predicted octanol–water partition coefficient (Wildman–Crippen LogP) is 4.16. The maximum Gasteiger partial charge on any atom is 0.138 e. The quantitative estimate of drug-likeness (QED) is 0.701. The van der Waals surface area contributed by atoms with E-state index in [-0.39, 0.29) is 6.10 Å². The standard InChI is InChI=1S/C22H26N2O2/c1-16-21(15-24-14-17-6-3-2-4-7-17)26-20-9-5-8-19(22(16)20)25-18-10-12-23-13-11-18/h2-9,18,23-24H,10-15H2,1H3. The topological polar surface area (TPSA) is 46.4 Å². The molecule has 4 nitrogen and oxygen atoms in total. The van der Waals surface area contributed by atoms with Gasteiger partial charge in [0.2, 0.25) is 0 Å². The van der Waals surface area contributed by atoms with Crippen molar-refractivity contribution in [3.05, 3.63) is 65.4 Å². The molecule has 136 valence electrons. The Morgan fingerprint density at radius 1 is 1.04 bits per heavy atom. The molecule has 0 radical (unpaired) electrons. The van der Waals surface area contributed by atoms with E-state index in [9.17, 15) is 0 Å². The van der Waals surface area contributed by atoms with Crippen LogP contribution in [0.25, 0.3) is 11.0 Å². The minimum Gasteiger partial charge on any atom is -0.490 e. The highest BCUT2D eigenvalue weighted by atomic mass is 16.5. The minimum atomic E-state index is 0.288. The molecular weight excluding hydrogens is 324 g/mol. The molecule has 3 aromatic rings. The zero-order chi connectivity index (χ0) is 17.8. The Morgan fingerprint density at radius 3 is 2.65 bits per heavy atom. The molecule has 2 heterocycles. The van der Waals surface area contributed by atoms with E-state index < -0.39 is 0 Å². The van der Waals surface area contributed by atoms with Crippen LogP contribution >= 0.6 is 0 Å². The van der Waals surface area contributed by atoms with Gasteiger partial charge in [-0.05, 0) is 50.6 Å². The van der Waals surface area contributed by atoms with Gasteiger partial charge in [0.05, 0.1) is 11.9 Å². The van der Waals surface area contributed by atoms with E-state index >= 15 is 0 Å². The smallest absolute Gasteiger partial charge is 0.138 e. The second-order valence-electron chi connectivity index (χ2n) is 6.94. The molecule has 0 unspecified atom stereocenters. The fourth-order valence-electron chi connectivity index (χ4n) is 3.59. The van der Waals surface area contributed by atoms with Crippen LogP contribution in [0.4, 0.5) is 0 Å². The summed E-state index contributed by atoms with van der Waals surface area (Å²) in [6.45, 7) is 5.72. The van der Waals surface area contributed by atoms with E-state index in [0.29, 0.717) is 6.54 Å². The first kappa shape index (κ1) is 17.1. The van der Waals surface area contributed by atoms with Gasteiger partial charge >= 0.3 is 0 Å². The number of piperidine rings is 1. The first-order valence-electron chi connectivity index (χ1n) is 9.44. The molecule has 1 aromatic heterocycles. The van der Waals surface area contributed by atoms with Crippen molar-refractivity contribution >= 4 is 11.0 Å². The highest BCUT2D eigenvalue weighted by molar-refractivity contribution is 5.88. The molecular formula is C22H26N2O2. The second-order valence-corrected chi connectivity index (χ2v) is 6.94. The van der Waals surface area contributed by atoms with Crippen molar-refractivity contribution in [2.24, 2.45) is 0 Å². The maximum absolute atomic E-state index is 6.32. The SMILES string of the molecule is Cc1c(CNCc2ccccc2)oc2cccc(OC3CCNCC3)c12. The summed E-state index contributed by atoms with van der Waals surface area (Å²) in [5.41, 5.74) is 3.35. The summed E-state index contributed by atoms with van der Waals surface area (Å²) < 4.78 is 12.4. The Bertz CT molecular complexity index is 851. The summed E-state index contributed by atoms with van der Waals surface area (Å²) in [6, 6.07) is 16.5. The summed E-state index contributed by atoms with van der Waals surface area (Å²) >= 11 is 0. The van der Waals surface area contributed by atoms with E-state index in [2.05, 4.69) is 47.9 Å². The van der Waals surface area contributed by atoms with Crippen LogP contribution in [0, 0.1) is 6.92 Å². The summed E-state index contributed by atoms with van der Waals surface area (Å²) in [7, 11) is 0. The van der Waals surface area contributed by atoms with Gasteiger partial charge in [-0.2, -0.15) is 0 Å². The summed E-state index contributed by atoms with van der Waals surface area (Å²) in [5.74, 6) is 1.93. The monoisotopic (exact) mass is 350 g/mol. The van der Waals surface area contributed by atoms with E-state index in [4.69, 9.17) is 9.15 Å². The molecule has 0 amide bonds. The van der Waals surface area contributed by atoms with Gasteiger partial charge in [0.15, 0.2) is 0 Å². The average molecular weight is 350 g/mol. The molecule has 0 saturated carbocycles. The van der Waals surface area contributed by atoms with E-state index in [1.807, 2.05) is 18.2 Å². The van der Waals surface area contributed by atoms with Crippen LogP contribution in [0.5, 0.6) is 5.75 Å². The zero-order valence-corrected chi connectivity index (χ0v) is 15.3. The van der Waals surface area contributed by atoms with Gasteiger partial charge in [0.25, 0.3) is 0 Å². The fourth-order valence-corrected chi connectivity index (χ4v) is 3.59. The average Bonchev–Trinajstić information content (AvgIpc) is 3.00. The van der Waals surface area contributed by atoms with Gasteiger partial charge < -0.3 is 19.8 Å². The number of aryl methyl sites for hydroxylation is 1. The van der Waals surface area contributed by atoms with Gasteiger partial charge in [-0.3, -0.25) is 0 Å². The maximum atomic E-state index is 6.32. The normalized spacial score (nSPS) is 15.4. The molecule has 0 aliphatic carbocycles. The van der Waals surface area contributed by atoms with Gasteiger partial charge in [-0.1, -0.05) is 36.4 Å². The lowest BCUT2D eigenvalue weighted by Crippen LogP contribution is -2.34. The third-order valence-corrected chi connectivity index (χ3v) is 5.05.